The number of imidazole rings is 1. The number of methoxy groups -OCH3 is 1. The van der Waals surface area contributed by atoms with Gasteiger partial charge < -0.3 is 24.3 Å². The number of hydrogen-bond donors (Lipinski definition) is 2. The largest absolute Gasteiger partial charge is 0.468 e. The van der Waals surface area contributed by atoms with Crippen molar-refractivity contribution in [1.29, 1.82) is 0 Å². The summed E-state index contributed by atoms with van der Waals surface area (Å²) >= 11 is 5.92. The Hall–Kier alpha value is -2.72. The zero-order chi connectivity index (χ0) is 24.2. The van der Waals surface area contributed by atoms with E-state index in [-0.39, 0.29) is 12.2 Å². The number of rotatable bonds is 10. The fraction of sp³-hybridized carbons (Fsp3) is 0.400. The molecule has 0 bridgehead atoms. The Morgan fingerprint density at radius 2 is 1.97 bits per heavy atom. The van der Waals surface area contributed by atoms with Crippen LogP contribution in [0.25, 0.3) is 11.2 Å². The highest BCUT2D eigenvalue weighted by Gasteiger charge is 2.39. The highest BCUT2D eigenvalue weighted by atomic mass is 35.5. The molecule has 0 aliphatic rings. The van der Waals surface area contributed by atoms with E-state index >= 15 is 0 Å². The number of aromatic nitrogens is 4. The van der Waals surface area contributed by atoms with Crippen LogP contribution in [0.2, 0.25) is 5.02 Å². The summed E-state index contributed by atoms with van der Waals surface area (Å²) in [5, 5.41) is 3.28. The van der Waals surface area contributed by atoms with Gasteiger partial charge in [0.05, 0.1) is 26.1 Å². The van der Waals surface area contributed by atoms with Crippen molar-refractivity contribution in [3.05, 3.63) is 41.9 Å². The lowest BCUT2D eigenvalue weighted by atomic mass is 10.1. The molecule has 0 saturated carbocycles. The summed E-state index contributed by atoms with van der Waals surface area (Å²) in [6.07, 6.45) is 2.21. The van der Waals surface area contributed by atoms with Gasteiger partial charge in [0.25, 0.3) is 0 Å². The average Bonchev–Trinajstić information content (AvgIpc) is 3.17. The number of nitrogens with two attached hydrogens (primary N) is 1. The Kier molecular flexibility index (Phi) is 7.58. The van der Waals surface area contributed by atoms with Crippen LogP contribution in [0.15, 0.2) is 36.9 Å². The van der Waals surface area contributed by atoms with E-state index in [1.165, 1.54) is 13.4 Å². The SMILES string of the molecule is COC(=O)C(C)(C)NP(=O)(CO[C@H](C)Cn1cnc2c(N)ncnc21)Oc1ccc(Cl)cc1. The van der Waals surface area contributed by atoms with Gasteiger partial charge in [-0.3, -0.25) is 9.36 Å². The smallest absolute Gasteiger partial charge is 0.342 e. The van der Waals surface area contributed by atoms with Crippen molar-refractivity contribution in [2.75, 3.05) is 19.2 Å². The van der Waals surface area contributed by atoms with Crippen molar-refractivity contribution in [2.24, 2.45) is 0 Å². The second kappa shape index (κ2) is 10.0. The van der Waals surface area contributed by atoms with Crippen molar-refractivity contribution >= 4 is 42.1 Å². The fourth-order valence-corrected chi connectivity index (χ4v) is 5.21. The van der Waals surface area contributed by atoms with Crippen LogP contribution in [0.4, 0.5) is 5.82 Å². The topological polar surface area (TPSA) is 143 Å². The third-order valence-electron chi connectivity index (χ3n) is 4.62. The molecule has 0 aliphatic carbocycles. The first kappa shape index (κ1) is 24.9. The lowest BCUT2D eigenvalue weighted by Crippen LogP contribution is -2.47. The molecule has 2 heterocycles. The second-order valence-electron chi connectivity index (χ2n) is 7.88. The van der Waals surface area contributed by atoms with Gasteiger partial charge >= 0.3 is 13.5 Å². The number of anilines is 1. The van der Waals surface area contributed by atoms with Crippen molar-refractivity contribution in [3.63, 3.8) is 0 Å². The molecule has 1 aromatic carbocycles. The molecular weight excluding hydrogens is 471 g/mol. The summed E-state index contributed by atoms with van der Waals surface area (Å²) in [6.45, 7) is 5.24. The molecule has 13 heteroatoms. The molecular formula is C20H26ClN6O5P. The van der Waals surface area contributed by atoms with Crippen LogP contribution in [0, 0.1) is 0 Å². The van der Waals surface area contributed by atoms with E-state index in [2.05, 4.69) is 20.0 Å². The summed E-state index contributed by atoms with van der Waals surface area (Å²) in [5.41, 5.74) is 5.58. The molecule has 0 spiro atoms. The summed E-state index contributed by atoms with van der Waals surface area (Å²) in [7, 11) is -2.48. The van der Waals surface area contributed by atoms with Gasteiger partial charge in [-0.1, -0.05) is 11.6 Å². The van der Waals surface area contributed by atoms with Gasteiger partial charge in [-0.25, -0.2) is 20.0 Å². The van der Waals surface area contributed by atoms with E-state index in [0.29, 0.717) is 28.5 Å². The molecule has 0 aliphatic heterocycles. The van der Waals surface area contributed by atoms with Crippen LogP contribution >= 0.6 is 19.1 Å². The first-order valence-electron chi connectivity index (χ1n) is 9.98. The molecule has 33 heavy (non-hydrogen) atoms. The predicted molar refractivity (Wildman–Crippen MR) is 124 cm³/mol. The highest BCUT2D eigenvalue weighted by Crippen LogP contribution is 2.45. The normalized spacial score (nSPS) is 14.6. The number of nitrogen functional groups attached to an aromatic ring is 1. The quantitative estimate of drug-likeness (QED) is 0.317. The third kappa shape index (κ3) is 6.20. The van der Waals surface area contributed by atoms with E-state index in [9.17, 15) is 9.36 Å². The van der Waals surface area contributed by atoms with E-state index in [1.54, 1.807) is 55.9 Å². The summed E-state index contributed by atoms with van der Waals surface area (Å²) < 4.78 is 31.9. The van der Waals surface area contributed by atoms with Crippen LogP contribution in [0.5, 0.6) is 5.75 Å². The van der Waals surface area contributed by atoms with Gasteiger partial charge in [-0.15, -0.1) is 0 Å². The number of ether oxygens (including phenoxy) is 2. The number of benzene rings is 1. The molecule has 0 amide bonds. The number of fused-ring (bicyclic) bond motifs is 1. The van der Waals surface area contributed by atoms with E-state index in [0.717, 1.165) is 0 Å². The second-order valence-corrected chi connectivity index (χ2v) is 10.3. The molecule has 3 N–H and O–H groups in total. The van der Waals surface area contributed by atoms with Gasteiger partial charge in [-0.2, -0.15) is 0 Å². The number of nitrogens with zero attached hydrogens (tertiary/aromatic N) is 4. The van der Waals surface area contributed by atoms with Gasteiger partial charge in [-0.05, 0) is 45.0 Å². The number of halogens is 1. The van der Waals surface area contributed by atoms with Gasteiger partial charge in [0.2, 0.25) is 0 Å². The van der Waals surface area contributed by atoms with Gasteiger partial charge in [0.1, 0.15) is 29.5 Å². The maximum absolute atomic E-state index is 13.7. The average molecular weight is 497 g/mol. The first-order chi connectivity index (χ1) is 15.5. The minimum absolute atomic E-state index is 0.280. The fourth-order valence-electron chi connectivity index (χ4n) is 3.06. The van der Waals surface area contributed by atoms with Crippen molar-refractivity contribution in [2.45, 2.75) is 39.0 Å². The van der Waals surface area contributed by atoms with E-state index < -0.39 is 25.1 Å². The zero-order valence-electron chi connectivity index (χ0n) is 18.7. The maximum atomic E-state index is 13.7. The minimum atomic E-state index is -3.73. The Morgan fingerprint density at radius 1 is 1.27 bits per heavy atom. The molecule has 0 radical (unpaired) electrons. The van der Waals surface area contributed by atoms with Crippen LogP contribution in [-0.4, -0.2) is 50.6 Å². The third-order valence-corrected chi connectivity index (χ3v) is 6.77. The molecule has 0 saturated heterocycles. The molecule has 2 aromatic heterocycles. The van der Waals surface area contributed by atoms with Gasteiger partial charge in [0.15, 0.2) is 11.5 Å². The van der Waals surface area contributed by atoms with Crippen LogP contribution < -0.4 is 15.3 Å². The van der Waals surface area contributed by atoms with Gasteiger partial charge in [0, 0.05) is 5.02 Å². The van der Waals surface area contributed by atoms with Crippen molar-refractivity contribution in [1.82, 2.24) is 24.6 Å². The summed E-state index contributed by atoms with van der Waals surface area (Å²) in [4.78, 5) is 24.5. The van der Waals surface area contributed by atoms with Crippen molar-refractivity contribution in [3.8, 4) is 5.75 Å². The molecule has 3 aromatic rings. The summed E-state index contributed by atoms with van der Waals surface area (Å²) in [5.74, 6) is -0.0139. The number of carbonyl (C=O) groups is 1. The number of nitrogens with one attached hydrogen (secondary N) is 1. The molecule has 3 rings (SSSR count). The Balaban J connectivity index is 1.75. The summed E-state index contributed by atoms with van der Waals surface area (Å²) in [6, 6.07) is 6.36. The molecule has 0 fully saturated rings. The standard InChI is InChI=1S/C20H26ClN6O5P/c1-13(9-27-11-25-16-17(22)23-10-24-18(16)27)31-12-33(29,26-20(2,3)19(28)30-4)32-15-7-5-14(21)6-8-15/h5-8,10-11,13H,9,12H2,1-4H3,(H,26,29)(H2,22,23,24)/t13-,33?/m1/s1. The maximum Gasteiger partial charge on any atom is 0.342 e. The van der Waals surface area contributed by atoms with Crippen molar-refractivity contribution < 1.29 is 23.4 Å². The molecule has 1 unspecified atom stereocenters. The number of esters is 1. The molecule has 2 atom stereocenters. The monoisotopic (exact) mass is 496 g/mol. The Morgan fingerprint density at radius 3 is 2.64 bits per heavy atom. The van der Waals surface area contributed by atoms with Crippen LogP contribution in [0.1, 0.15) is 20.8 Å². The van der Waals surface area contributed by atoms with Crippen LogP contribution in [-0.2, 0) is 25.4 Å². The zero-order valence-corrected chi connectivity index (χ0v) is 20.3. The lowest BCUT2D eigenvalue weighted by Gasteiger charge is -2.30. The minimum Gasteiger partial charge on any atom is -0.468 e. The predicted octanol–water partition coefficient (Wildman–Crippen LogP) is 3.24. The molecule has 178 valence electrons. The first-order valence-corrected chi connectivity index (χ1v) is 12.2. The lowest BCUT2D eigenvalue weighted by molar-refractivity contribution is -0.146. The Labute approximate surface area is 196 Å². The molecule has 11 nitrogen and oxygen atoms in total. The number of carbonyl (C=O) groups excluding carboxylic acids is 1. The highest BCUT2D eigenvalue weighted by molar-refractivity contribution is 7.57. The van der Waals surface area contributed by atoms with E-state index in [1.807, 2.05) is 0 Å². The Bertz CT molecular complexity index is 1170. The number of hydrogen-bond acceptors (Lipinski definition) is 9. The van der Waals surface area contributed by atoms with E-state index in [4.69, 9.17) is 31.3 Å². The van der Waals surface area contributed by atoms with Crippen LogP contribution in [0.3, 0.4) is 0 Å².